The number of hydrogen-bond acceptors (Lipinski definition) is 4. The maximum Gasteiger partial charge on any atom is 0.305 e. The van der Waals surface area contributed by atoms with E-state index in [0.717, 1.165) is 5.56 Å². The third-order valence-corrected chi connectivity index (χ3v) is 2.51. The number of carbonyl (C=O) groups is 1. The molecule has 5 heteroatoms. The third-order valence-electron chi connectivity index (χ3n) is 2.18. The molecule has 0 fully saturated rings. The number of ether oxygens (including phenoxy) is 1. The van der Waals surface area contributed by atoms with Gasteiger partial charge in [0, 0.05) is 17.0 Å². The van der Waals surface area contributed by atoms with Crippen LogP contribution in [0.4, 0.5) is 0 Å². The van der Waals surface area contributed by atoms with Crippen molar-refractivity contribution in [1.29, 1.82) is 0 Å². The smallest absolute Gasteiger partial charge is 0.305 e. The third kappa shape index (κ3) is 4.07. The summed E-state index contributed by atoms with van der Waals surface area (Å²) in [5.74, 6) is -0.291. The first-order valence-electron chi connectivity index (χ1n) is 5.10. The summed E-state index contributed by atoms with van der Waals surface area (Å²) in [5, 5.41) is 4.46. The van der Waals surface area contributed by atoms with Gasteiger partial charge in [0.25, 0.3) is 0 Å². The van der Waals surface area contributed by atoms with Gasteiger partial charge < -0.3 is 9.57 Å². The highest BCUT2D eigenvalue weighted by molar-refractivity contribution is 6.34. The van der Waals surface area contributed by atoms with Crippen molar-refractivity contribution in [2.45, 2.75) is 12.8 Å². The molecule has 17 heavy (non-hydrogen) atoms. The number of halogens is 1. The Morgan fingerprint density at radius 3 is 2.59 bits per heavy atom. The number of rotatable bonds is 5. The molecule has 0 bridgehead atoms. The molecule has 0 atom stereocenters. The minimum absolute atomic E-state index is 0.240. The first kappa shape index (κ1) is 13.5. The second kappa shape index (κ2) is 6.91. The molecule has 0 spiro atoms. The van der Waals surface area contributed by atoms with Crippen LogP contribution in [0.15, 0.2) is 29.4 Å². The second-order valence-electron chi connectivity index (χ2n) is 3.28. The van der Waals surface area contributed by atoms with Crippen molar-refractivity contribution in [2.75, 3.05) is 14.2 Å². The molecular formula is C12H14ClNO3. The average molecular weight is 256 g/mol. The Labute approximate surface area is 105 Å². The maximum absolute atomic E-state index is 11.1. The largest absolute Gasteiger partial charge is 0.469 e. The van der Waals surface area contributed by atoms with Crippen LogP contribution in [-0.2, 0) is 14.4 Å². The van der Waals surface area contributed by atoms with E-state index >= 15 is 0 Å². The first-order valence-corrected chi connectivity index (χ1v) is 5.48. The van der Waals surface area contributed by atoms with Crippen LogP contribution in [0.3, 0.4) is 0 Å². The molecule has 1 rings (SSSR count). The van der Waals surface area contributed by atoms with E-state index in [1.165, 1.54) is 14.2 Å². The van der Waals surface area contributed by atoms with Crippen molar-refractivity contribution in [1.82, 2.24) is 0 Å². The van der Waals surface area contributed by atoms with Gasteiger partial charge in [0.15, 0.2) is 0 Å². The lowest BCUT2D eigenvalue weighted by Gasteiger charge is -2.07. The van der Waals surface area contributed by atoms with Gasteiger partial charge in [0.2, 0.25) is 0 Å². The quantitative estimate of drug-likeness (QED) is 0.462. The minimum atomic E-state index is -0.291. The normalized spacial score (nSPS) is 11.1. The number of methoxy groups -OCH3 is 1. The summed E-state index contributed by atoms with van der Waals surface area (Å²) < 4.78 is 4.58. The van der Waals surface area contributed by atoms with Crippen LogP contribution in [0.25, 0.3) is 0 Å². The fraction of sp³-hybridized carbons (Fsp3) is 0.333. The number of carbonyl (C=O) groups excluding carboxylic acids is 1. The van der Waals surface area contributed by atoms with Crippen LogP contribution >= 0.6 is 11.6 Å². The molecular weight excluding hydrogens is 242 g/mol. The van der Waals surface area contributed by atoms with Crippen LogP contribution in [0.2, 0.25) is 5.02 Å². The molecule has 92 valence electrons. The topological polar surface area (TPSA) is 47.9 Å². The number of esters is 1. The summed E-state index contributed by atoms with van der Waals surface area (Å²) in [6.45, 7) is 0. The lowest BCUT2D eigenvalue weighted by Crippen LogP contribution is -2.08. The summed E-state index contributed by atoms with van der Waals surface area (Å²) in [6.07, 6.45) is 0.661. The van der Waals surface area contributed by atoms with Crippen LogP contribution in [-0.4, -0.2) is 25.9 Å². The zero-order chi connectivity index (χ0) is 12.7. The lowest BCUT2D eigenvalue weighted by atomic mass is 10.1. The fourth-order valence-corrected chi connectivity index (χ4v) is 1.60. The van der Waals surface area contributed by atoms with Crippen LogP contribution in [0.5, 0.6) is 0 Å². The van der Waals surface area contributed by atoms with E-state index in [1.807, 2.05) is 18.2 Å². The molecule has 0 saturated heterocycles. The summed E-state index contributed by atoms with van der Waals surface area (Å²) in [6, 6.07) is 7.28. The van der Waals surface area contributed by atoms with E-state index in [2.05, 4.69) is 9.89 Å². The Balaban J connectivity index is 2.84. The van der Waals surface area contributed by atoms with Gasteiger partial charge in [-0.1, -0.05) is 35.0 Å². The predicted octanol–water partition coefficient (Wildman–Crippen LogP) is 2.64. The molecule has 0 saturated carbocycles. The zero-order valence-electron chi connectivity index (χ0n) is 9.77. The highest BCUT2D eigenvalue weighted by Gasteiger charge is 2.11. The van der Waals surface area contributed by atoms with Crippen molar-refractivity contribution in [3.63, 3.8) is 0 Å². The number of hydrogen-bond donors (Lipinski definition) is 0. The second-order valence-corrected chi connectivity index (χ2v) is 3.68. The molecule has 0 aromatic heterocycles. The number of oxime groups is 1. The summed E-state index contributed by atoms with van der Waals surface area (Å²) in [4.78, 5) is 15.8. The van der Waals surface area contributed by atoms with Crippen LogP contribution in [0.1, 0.15) is 18.4 Å². The molecule has 0 aliphatic carbocycles. The highest BCUT2D eigenvalue weighted by Crippen LogP contribution is 2.18. The Morgan fingerprint density at radius 2 is 2.00 bits per heavy atom. The fourth-order valence-electron chi connectivity index (χ4n) is 1.36. The Morgan fingerprint density at radius 1 is 1.29 bits per heavy atom. The number of benzene rings is 1. The molecule has 0 amide bonds. The van der Waals surface area contributed by atoms with Crippen LogP contribution < -0.4 is 0 Å². The van der Waals surface area contributed by atoms with Crippen molar-refractivity contribution >= 4 is 23.3 Å². The van der Waals surface area contributed by atoms with Crippen molar-refractivity contribution < 1.29 is 14.4 Å². The standard InChI is InChI=1S/C12H14ClNO3/c1-16-12(15)8-7-11(14-17-2)9-5-3-4-6-10(9)13/h3-6H,7-8H2,1-2H3. The van der Waals surface area contributed by atoms with E-state index in [-0.39, 0.29) is 12.4 Å². The Bertz CT molecular complexity index is 418. The maximum atomic E-state index is 11.1. The van der Waals surface area contributed by atoms with Crippen LogP contribution in [0, 0.1) is 0 Å². The number of nitrogens with zero attached hydrogens (tertiary/aromatic N) is 1. The van der Waals surface area contributed by atoms with Gasteiger partial charge in [-0.3, -0.25) is 4.79 Å². The van der Waals surface area contributed by atoms with Gasteiger partial charge in [-0.2, -0.15) is 0 Å². The molecule has 0 aliphatic heterocycles. The molecule has 1 aromatic carbocycles. The van der Waals surface area contributed by atoms with Crippen molar-refractivity contribution in [3.05, 3.63) is 34.9 Å². The van der Waals surface area contributed by atoms with Gasteiger partial charge in [-0.05, 0) is 6.07 Å². The molecule has 4 nitrogen and oxygen atoms in total. The molecule has 0 heterocycles. The van der Waals surface area contributed by atoms with E-state index in [1.54, 1.807) is 6.07 Å². The molecule has 0 unspecified atom stereocenters. The van der Waals surface area contributed by atoms with E-state index in [4.69, 9.17) is 16.4 Å². The van der Waals surface area contributed by atoms with Gasteiger partial charge >= 0.3 is 5.97 Å². The van der Waals surface area contributed by atoms with Crippen molar-refractivity contribution in [2.24, 2.45) is 5.16 Å². The summed E-state index contributed by atoms with van der Waals surface area (Å²) in [7, 11) is 2.81. The predicted molar refractivity (Wildman–Crippen MR) is 66.2 cm³/mol. The summed E-state index contributed by atoms with van der Waals surface area (Å²) >= 11 is 6.05. The van der Waals surface area contributed by atoms with E-state index in [0.29, 0.717) is 17.2 Å². The average Bonchev–Trinajstić information content (AvgIpc) is 2.35. The Hall–Kier alpha value is -1.55. The first-order chi connectivity index (χ1) is 8.19. The van der Waals surface area contributed by atoms with Gasteiger partial charge in [0.05, 0.1) is 19.2 Å². The lowest BCUT2D eigenvalue weighted by molar-refractivity contribution is -0.140. The minimum Gasteiger partial charge on any atom is -0.469 e. The van der Waals surface area contributed by atoms with E-state index in [9.17, 15) is 4.79 Å². The van der Waals surface area contributed by atoms with E-state index < -0.39 is 0 Å². The van der Waals surface area contributed by atoms with Gasteiger partial charge in [-0.15, -0.1) is 0 Å². The summed E-state index contributed by atoms with van der Waals surface area (Å²) in [5.41, 5.74) is 1.39. The van der Waals surface area contributed by atoms with Gasteiger partial charge in [-0.25, -0.2) is 0 Å². The molecule has 0 radical (unpaired) electrons. The van der Waals surface area contributed by atoms with Crippen molar-refractivity contribution in [3.8, 4) is 0 Å². The van der Waals surface area contributed by atoms with Gasteiger partial charge in [0.1, 0.15) is 7.11 Å². The molecule has 1 aromatic rings. The molecule has 0 N–H and O–H groups in total. The zero-order valence-corrected chi connectivity index (χ0v) is 10.5. The molecule has 0 aliphatic rings. The SMILES string of the molecule is CON=C(CCC(=O)OC)c1ccccc1Cl. The highest BCUT2D eigenvalue weighted by atomic mass is 35.5. The monoisotopic (exact) mass is 255 g/mol. The Kier molecular flexibility index (Phi) is 5.49.